The van der Waals surface area contributed by atoms with Crippen molar-refractivity contribution in [3.8, 4) is 5.75 Å². The van der Waals surface area contributed by atoms with Crippen molar-refractivity contribution in [1.82, 2.24) is 9.47 Å². The van der Waals surface area contributed by atoms with Crippen LogP contribution in [0.2, 0.25) is 0 Å². The summed E-state index contributed by atoms with van der Waals surface area (Å²) in [4.78, 5) is 26.8. The summed E-state index contributed by atoms with van der Waals surface area (Å²) < 4.78 is 46.7. The molecule has 0 aliphatic rings. The van der Waals surface area contributed by atoms with E-state index in [0.717, 1.165) is 4.90 Å². The molecule has 0 spiro atoms. The van der Waals surface area contributed by atoms with E-state index in [0.29, 0.717) is 33.1 Å². The quantitative estimate of drug-likeness (QED) is 0.395. The Kier molecular flexibility index (Phi) is 6.09. The predicted molar refractivity (Wildman–Crippen MR) is 120 cm³/mol. The second kappa shape index (κ2) is 8.97. The Morgan fingerprint density at radius 2 is 1.45 bits per heavy atom. The number of halogens is 3. The molecule has 0 fully saturated rings. The monoisotopic (exact) mass is 454 g/mol. The minimum atomic E-state index is -4.56. The molecule has 0 aliphatic heterocycles. The molecule has 0 atom stereocenters. The van der Waals surface area contributed by atoms with Crippen LogP contribution in [0.25, 0.3) is 21.8 Å². The number of benzene rings is 3. The lowest BCUT2D eigenvalue weighted by atomic mass is 10.1. The van der Waals surface area contributed by atoms with E-state index >= 15 is 0 Å². The van der Waals surface area contributed by atoms with Crippen molar-refractivity contribution < 1.29 is 22.7 Å². The highest BCUT2D eigenvalue weighted by Crippen LogP contribution is 2.22. The predicted octanol–water partition coefficient (Wildman–Crippen LogP) is 4.75. The SMILES string of the molecule is COc1ccc(CN(CC(F)(F)F)C(=O)Cn2c3ccccc3c(=O)c3ccccc32)cc1. The fourth-order valence-electron chi connectivity index (χ4n) is 3.88. The standard InChI is InChI=1S/C25H21F3N2O3/c1-33-18-12-10-17(11-13-18)14-29(16-25(26,27)28)23(31)15-30-21-8-4-2-6-19(21)24(32)20-7-3-5-9-22(20)30/h2-13H,14-16H2,1H3. The molecular weight excluding hydrogens is 433 g/mol. The van der Waals surface area contributed by atoms with Gasteiger partial charge in [-0.05, 0) is 42.0 Å². The Morgan fingerprint density at radius 3 is 1.97 bits per heavy atom. The zero-order chi connectivity index (χ0) is 23.6. The van der Waals surface area contributed by atoms with Gasteiger partial charge >= 0.3 is 6.18 Å². The molecule has 0 saturated heterocycles. The van der Waals surface area contributed by atoms with Crippen molar-refractivity contribution in [1.29, 1.82) is 0 Å². The minimum absolute atomic E-state index is 0.185. The number of rotatable bonds is 6. The number of aromatic nitrogens is 1. The summed E-state index contributed by atoms with van der Waals surface area (Å²) in [7, 11) is 1.49. The molecule has 1 amide bonds. The zero-order valence-corrected chi connectivity index (χ0v) is 17.8. The Bertz CT molecular complexity index is 1300. The van der Waals surface area contributed by atoms with E-state index < -0.39 is 18.6 Å². The average molecular weight is 454 g/mol. The number of pyridine rings is 1. The maximum Gasteiger partial charge on any atom is 0.406 e. The molecule has 170 valence electrons. The van der Waals surface area contributed by atoms with E-state index in [2.05, 4.69) is 0 Å². The van der Waals surface area contributed by atoms with Crippen LogP contribution >= 0.6 is 0 Å². The smallest absolute Gasteiger partial charge is 0.406 e. The highest BCUT2D eigenvalue weighted by atomic mass is 19.4. The molecule has 4 aromatic rings. The first-order valence-electron chi connectivity index (χ1n) is 10.2. The maximum absolute atomic E-state index is 13.3. The molecule has 8 heteroatoms. The van der Waals surface area contributed by atoms with E-state index in [1.165, 1.54) is 7.11 Å². The van der Waals surface area contributed by atoms with E-state index in [-0.39, 0.29) is 18.5 Å². The molecule has 1 heterocycles. The van der Waals surface area contributed by atoms with Crippen LogP contribution in [0.4, 0.5) is 13.2 Å². The molecule has 0 saturated carbocycles. The fourth-order valence-corrected chi connectivity index (χ4v) is 3.88. The van der Waals surface area contributed by atoms with Gasteiger partial charge in [-0.3, -0.25) is 9.59 Å². The Balaban J connectivity index is 1.74. The first-order chi connectivity index (χ1) is 15.8. The van der Waals surface area contributed by atoms with Crippen molar-refractivity contribution >= 4 is 27.7 Å². The van der Waals surface area contributed by atoms with Crippen molar-refractivity contribution in [2.24, 2.45) is 0 Å². The highest BCUT2D eigenvalue weighted by molar-refractivity contribution is 5.94. The van der Waals surface area contributed by atoms with Crippen molar-refractivity contribution in [3.63, 3.8) is 0 Å². The number of fused-ring (bicyclic) bond motifs is 2. The van der Waals surface area contributed by atoms with Gasteiger partial charge in [-0.25, -0.2) is 0 Å². The van der Waals surface area contributed by atoms with Crippen LogP contribution in [0.1, 0.15) is 5.56 Å². The molecule has 0 aliphatic carbocycles. The van der Waals surface area contributed by atoms with Crippen LogP contribution < -0.4 is 10.2 Å². The second-order valence-electron chi connectivity index (χ2n) is 7.66. The zero-order valence-electron chi connectivity index (χ0n) is 17.8. The maximum atomic E-state index is 13.3. The van der Waals surface area contributed by atoms with Gasteiger partial charge in [-0.15, -0.1) is 0 Å². The van der Waals surface area contributed by atoms with Gasteiger partial charge in [0.05, 0.1) is 18.1 Å². The van der Waals surface area contributed by atoms with Crippen LogP contribution in [0.5, 0.6) is 5.75 Å². The Morgan fingerprint density at radius 1 is 0.909 bits per heavy atom. The summed E-state index contributed by atoms with van der Waals surface area (Å²) >= 11 is 0. The van der Waals surface area contributed by atoms with Gasteiger partial charge in [0.25, 0.3) is 0 Å². The number of nitrogens with zero attached hydrogens (tertiary/aromatic N) is 2. The third kappa shape index (κ3) is 4.84. The van der Waals surface area contributed by atoms with Crippen LogP contribution in [-0.4, -0.2) is 35.2 Å². The van der Waals surface area contributed by atoms with Crippen molar-refractivity contribution in [2.45, 2.75) is 19.3 Å². The number of ether oxygens (including phenoxy) is 1. The van der Waals surface area contributed by atoms with E-state index in [9.17, 15) is 22.8 Å². The third-order valence-electron chi connectivity index (χ3n) is 5.43. The summed E-state index contributed by atoms with van der Waals surface area (Å²) in [6, 6.07) is 20.1. The van der Waals surface area contributed by atoms with Gasteiger partial charge in [0, 0.05) is 17.3 Å². The lowest BCUT2D eigenvalue weighted by molar-refractivity contribution is -0.162. The second-order valence-corrected chi connectivity index (χ2v) is 7.66. The first-order valence-corrected chi connectivity index (χ1v) is 10.2. The molecule has 5 nitrogen and oxygen atoms in total. The number of hydrogen-bond donors (Lipinski definition) is 0. The fraction of sp³-hybridized carbons (Fsp3) is 0.200. The highest BCUT2D eigenvalue weighted by Gasteiger charge is 2.33. The number of amides is 1. The minimum Gasteiger partial charge on any atom is -0.497 e. The summed E-state index contributed by atoms with van der Waals surface area (Å²) in [6.07, 6.45) is -4.56. The largest absolute Gasteiger partial charge is 0.497 e. The average Bonchev–Trinajstić information content (AvgIpc) is 2.81. The number of hydrogen-bond acceptors (Lipinski definition) is 3. The number of para-hydroxylation sites is 2. The van der Waals surface area contributed by atoms with Gasteiger partial charge in [0.2, 0.25) is 5.91 Å². The van der Waals surface area contributed by atoms with Crippen LogP contribution in [0.15, 0.2) is 77.6 Å². The lowest BCUT2D eigenvalue weighted by Gasteiger charge is -2.25. The van der Waals surface area contributed by atoms with Crippen LogP contribution in [-0.2, 0) is 17.9 Å². The summed E-state index contributed by atoms with van der Waals surface area (Å²) in [5.74, 6) is -0.138. The number of carbonyl (C=O) groups is 1. The first kappa shape index (κ1) is 22.4. The lowest BCUT2D eigenvalue weighted by Crippen LogP contribution is -2.40. The number of alkyl halides is 3. The molecule has 0 radical (unpaired) electrons. The van der Waals surface area contributed by atoms with Gasteiger partial charge in [0.1, 0.15) is 18.8 Å². The molecule has 3 aromatic carbocycles. The normalized spacial score (nSPS) is 11.6. The molecule has 33 heavy (non-hydrogen) atoms. The Labute approximate surface area is 187 Å². The van der Waals surface area contributed by atoms with Gasteiger partial charge in [-0.2, -0.15) is 13.2 Å². The number of carbonyl (C=O) groups excluding carboxylic acids is 1. The van der Waals surface area contributed by atoms with E-state index in [1.54, 1.807) is 77.4 Å². The van der Waals surface area contributed by atoms with Gasteiger partial charge in [0.15, 0.2) is 5.43 Å². The third-order valence-corrected chi connectivity index (χ3v) is 5.43. The Hall–Kier alpha value is -3.81. The van der Waals surface area contributed by atoms with Crippen molar-refractivity contribution in [2.75, 3.05) is 13.7 Å². The molecule has 0 unspecified atom stereocenters. The van der Waals surface area contributed by atoms with Gasteiger partial charge < -0.3 is 14.2 Å². The molecule has 1 aromatic heterocycles. The van der Waals surface area contributed by atoms with Crippen LogP contribution in [0.3, 0.4) is 0 Å². The molecule has 4 rings (SSSR count). The molecule has 0 N–H and O–H groups in total. The summed E-state index contributed by atoms with van der Waals surface area (Å²) in [5.41, 5.74) is 1.34. The van der Waals surface area contributed by atoms with Crippen molar-refractivity contribution in [3.05, 3.63) is 88.6 Å². The molecular formula is C25H21F3N2O3. The van der Waals surface area contributed by atoms with E-state index in [1.807, 2.05) is 0 Å². The van der Waals surface area contributed by atoms with Gasteiger partial charge in [-0.1, -0.05) is 36.4 Å². The topological polar surface area (TPSA) is 51.5 Å². The van der Waals surface area contributed by atoms with E-state index in [4.69, 9.17) is 4.74 Å². The summed E-state index contributed by atoms with van der Waals surface area (Å²) in [5, 5.41) is 0.808. The summed E-state index contributed by atoms with van der Waals surface area (Å²) in [6.45, 7) is -1.93. The number of methoxy groups -OCH3 is 1. The molecule has 0 bridgehead atoms. The van der Waals surface area contributed by atoms with Crippen LogP contribution in [0, 0.1) is 0 Å².